The minimum absolute atomic E-state index is 1.03. The van der Waals surface area contributed by atoms with Crippen molar-refractivity contribution in [2.45, 2.75) is 6.92 Å². The predicted octanol–water partition coefficient (Wildman–Crippen LogP) is 4.36. The monoisotopic (exact) mass is 336 g/mol. The Morgan fingerprint density at radius 1 is 0.846 bits per heavy atom. The summed E-state index contributed by atoms with van der Waals surface area (Å²) in [6.45, 7) is 2.08. The number of nitrogens with zero attached hydrogens (tertiary/aromatic N) is 3. The molecule has 3 heteroatoms. The summed E-state index contributed by atoms with van der Waals surface area (Å²) in [6.07, 6.45) is 4.36. The molecule has 1 aliphatic rings. The zero-order chi connectivity index (χ0) is 17.5. The molecule has 0 saturated carbocycles. The minimum atomic E-state index is 1.03. The molecule has 0 N–H and O–H groups in total. The largest absolute Gasteiger partial charge is 0.261 e. The third-order valence-corrected chi connectivity index (χ3v) is 4.77. The Morgan fingerprint density at radius 3 is 2.31 bits per heavy atom. The van der Waals surface area contributed by atoms with Crippen LogP contribution in [0.1, 0.15) is 22.6 Å². The summed E-state index contributed by atoms with van der Waals surface area (Å²) >= 11 is 0. The van der Waals surface area contributed by atoms with Gasteiger partial charge in [-0.15, -0.1) is 0 Å². The first-order valence-electron chi connectivity index (χ1n) is 8.76. The normalized spacial score (nSPS) is 13.7. The van der Waals surface area contributed by atoms with Gasteiger partial charge in [0.2, 0.25) is 5.69 Å². The van der Waals surface area contributed by atoms with Gasteiger partial charge in [0, 0.05) is 12.1 Å². The molecule has 2 aromatic heterocycles. The molecule has 2 aromatic carbocycles. The van der Waals surface area contributed by atoms with Crippen LogP contribution < -0.4 is 4.57 Å². The molecule has 0 bridgehead atoms. The van der Waals surface area contributed by atoms with Crippen LogP contribution in [0, 0.1) is 6.92 Å². The van der Waals surface area contributed by atoms with Crippen molar-refractivity contribution in [3.8, 4) is 11.4 Å². The van der Waals surface area contributed by atoms with E-state index in [1.165, 1.54) is 16.8 Å². The van der Waals surface area contributed by atoms with Crippen LogP contribution in [-0.2, 0) is 0 Å². The Kier molecular flexibility index (Phi) is 3.32. The van der Waals surface area contributed by atoms with Gasteiger partial charge < -0.3 is 0 Å². The zero-order valence-corrected chi connectivity index (χ0v) is 14.5. The Labute approximate surface area is 152 Å². The third kappa shape index (κ3) is 2.21. The number of fused-ring (bicyclic) bond motifs is 3. The Hall–Kier alpha value is -3.46. The lowest BCUT2D eigenvalue weighted by molar-refractivity contribution is -0.594. The van der Waals surface area contributed by atoms with Crippen LogP contribution >= 0.6 is 0 Å². The number of aromatic nitrogens is 3. The molecule has 0 fully saturated rings. The smallest absolute Gasteiger partial charge is 0.226 e. The minimum Gasteiger partial charge on any atom is -0.226 e. The van der Waals surface area contributed by atoms with Gasteiger partial charge in [0.25, 0.3) is 5.69 Å². The number of benzene rings is 2. The fourth-order valence-corrected chi connectivity index (χ4v) is 3.64. The first kappa shape index (κ1) is 14.8. The highest BCUT2D eigenvalue weighted by Gasteiger charge is 2.38. The first-order chi connectivity index (χ1) is 12.8. The van der Waals surface area contributed by atoms with Crippen molar-refractivity contribution in [1.82, 2.24) is 9.78 Å². The molecule has 0 radical (unpaired) electrons. The second-order valence-corrected chi connectivity index (χ2v) is 6.45. The van der Waals surface area contributed by atoms with Crippen LogP contribution in [0.3, 0.4) is 0 Å². The van der Waals surface area contributed by atoms with Crippen molar-refractivity contribution in [2.24, 2.45) is 0 Å². The quantitative estimate of drug-likeness (QED) is 0.439. The lowest BCUT2D eigenvalue weighted by Gasteiger charge is -2.05. The highest BCUT2D eigenvalue weighted by molar-refractivity contribution is 5.93. The van der Waals surface area contributed by atoms with Crippen molar-refractivity contribution >= 4 is 11.6 Å². The van der Waals surface area contributed by atoms with E-state index in [-0.39, 0.29) is 0 Å². The summed E-state index contributed by atoms with van der Waals surface area (Å²) in [4.78, 5) is 0. The molecule has 0 saturated heterocycles. The lowest BCUT2D eigenvalue weighted by atomic mass is 10.1. The van der Waals surface area contributed by atoms with Crippen molar-refractivity contribution in [3.63, 3.8) is 0 Å². The Balaban J connectivity index is 1.82. The van der Waals surface area contributed by atoms with Crippen LogP contribution in [0.4, 0.5) is 0 Å². The molecule has 1 aliphatic heterocycles. The predicted molar refractivity (Wildman–Crippen MR) is 103 cm³/mol. The zero-order valence-electron chi connectivity index (χ0n) is 14.5. The van der Waals surface area contributed by atoms with E-state index in [1.807, 2.05) is 12.1 Å². The summed E-state index contributed by atoms with van der Waals surface area (Å²) in [6, 6.07) is 27.1. The SMILES string of the molecule is Cc1nn(-c2ccccc2)c2c1-[n+]1ccccc1C2=Cc1ccccc1. The van der Waals surface area contributed by atoms with Crippen molar-refractivity contribution in [2.75, 3.05) is 0 Å². The van der Waals surface area contributed by atoms with Gasteiger partial charge in [-0.2, -0.15) is 9.67 Å². The summed E-state index contributed by atoms with van der Waals surface area (Å²) in [5.41, 5.74) is 7.97. The molecule has 26 heavy (non-hydrogen) atoms. The van der Waals surface area contributed by atoms with Crippen molar-refractivity contribution in [3.05, 3.63) is 108 Å². The number of rotatable bonds is 2. The molecule has 0 unspecified atom stereocenters. The van der Waals surface area contributed by atoms with E-state index in [1.54, 1.807) is 0 Å². The van der Waals surface area contributed by atoms with Gasteiger partial charge in [-0.3, -0.25) is 0 Å². The molecule has 3 heterocycles. The van der Waals surface area contributed by atoms with Gasteiger partial charge in [0.1, 0.15) is 5.69 Å². The van der Waals surface area contributed by atoms with Gasteiger partial charge in [0.05, 0.1) is 11.3 Å². The second-order valence-electron chi connectivity index (χ2n) is 6.45. The average Bonchev–Trinajstić information content (AvgIpc) is 3.20. The molecular formula is C23H18N3+. The van der Waals surface area contributed by atoms with Crippen LogP contribution in [0.2, 0.25) is 0 Å². The fourth-order valence-electron chi connectivity index (χ4n) is 3.64. The summed E-state index contributed by atoms with van der Waals surface area (Å²) in [7, 11) is 0. The van der Waals surface area contributed by atoms with Crippen LogP contribution in [0.5, 0.6) is 0 Å². The van der Waals surface area contributed by atoms with E-state index in [0.717, 1.165) is 22.8 Å². The van der Waals surface area contributed by atoms with Gasteiger partial charge in [-0.1, -0.05) is 48.5 Å². The van der Waals surface area contributed by atoms with Crippen molar-refractivity contribution < 1.29 is 4.57 Å². The van der Waals surface area contributed by atoms with Gasteiger partial charge in [-0.05, 0) is 36.8 Å². The third-order valence-electron chi connectivity index (χ3n) is 4.77. The molecule has 0 amide bonds. The van der Waals surface area contributed by atoms with Crippen LogP contribution in [-0.4, -0.2) is 9.78 Å². The maximum Gasteiger partial charge on any atom is 0.261 e. The van der Waals surface area contributed by atoms with Gasteiger partial charge >= 0.3 is 0 Å². The maximum absolute atomic E-state index is 4.85. The van der Waals surface area contributed by atoms with Crippen molar-refractivity contribution in [1.29, 1.82) is 0 Å². The highest BCUT2D eigenvalue weighted by Crippen LogP contribution is 2.36. The molecule has 0 spiro atoms. The molecule has 0 atom stereocenters. The van der Waals surface area contributed by atoms with Crippen LogP contribution in [0.15, 0.2) is 85.1 Å². The van der Waals surface area contributed by atoms with E-state index < -0.39 is 0 Å². The van der Waals surface area contributed by atoms with E-state index in [9.17, 15) is 0 Å². The first-order valence-corrected chi connectivity index (χ1v) is 8.76. The number of hydrogen-bond acceptors (Lipinski definition) is 1. The van der Waals surface area contributed by atoms with E-state index in [4.69, 9.17) is 5.10 Å². The molecule has 5 rings (SSSR count). The Bertz CT molecular complexity index is 1120. The van der Waals surface area contributed by atoms with Gasteiger partial charge in [0.15, 0.2) is 11.9 Å². The number of para-hydroxylation sites is 1. The highest BCUT2D eigenvalue weighted by atomic mass is 15.3. The maximum atomic E-state index is 4.85. The van der Waals surface area contributed by atoms with E-state index >= 15 is 0 Å². The van der Waals surface area contributed by atoms with E-state index in [0.29, 0.717) is 0 Å². The van der Waals surface area contributed by atoms with Gasteiger partial charge in [-0.25, -0.2) is 4.68 Å². The molecule has 3 nitrogen and oxygen atoms in total. The molecular weight excluding hydrogens is 318 g/mol. The summed E-state index contributed by atoms with van der Waals surface area (Å²) in [5.74, 6) is 0. The number of hydrogen-bond donors (Lipinski definition) is 0. The lowest BCUT2D eigenvalue weighted by Crippen LogP contribution is -2.31. The summed E-state index contributed by atoms with van der Waals surface area (Å²) < 4.78 is 4.30. The number of aryl methyl sites for hydroxylation is 1. The number of pyridine rings is 1. The van der Waals surface area contributed by atoms with E-state index in [2.05, 4.69) is 95.2 Å². The molecule has 124 valence electrons. The Morgan fingerprint density at radius 2 is 1.54 bits per heavy atom. The topological polar surface area (TPSA) is 21.7 Å². The summed E-state index contributed by atoms with van der Waals surface area (Å²) in [5, 5.41) is 4.85. The second kappa shape index (κ2) is 5.81. The fraction of sp³-hybridized carbons (Fsp3) is 0.0435. The molecule has 0 aliphatic carbocycles. The molecule has 4 aromatic rings. The standard InChI is InChI=1S/C23H18N3/c1-17-22-23(26(24-17)19-12-6-3-7-13-19)20(16-18-10-4-2-5-11-18)21-14-8-9-15-25(21)22/h2-16H,1H3/q+1. The van der Waals surface area contributed by atoms with Crippen LogP contribution in [0.25, 0.3) is 23.0 Å². The average molecular weight is 336 g/mol.